The third-order valence-corrected chi connectivity index (χ3v) is 4.28. The molecule has 1 N–H and O–H groups in total. The molecule has 0 aliphatic rings. The Labute approximate surface area is 116 Å². The third kappa shape index (κ3) is 6.52. The lowest BCUT2D eigenvalue weighted by molar-refractivity contribution is 0.295. The highest BCUT2D eigenvalue weighted by Gasteiger charge is 2.09. The van der Waals surface area contributed by atoms with Crippen molar-refractivity contribution in [3.05, 3.63) is 48.6 Å². The second-order valence-corrected chi connectivity index (χ2v) is 6.43. The van der Waals surface area contributed by atoms with Crippen LogP contribution in [0.1, 0.15) is 12.0 Å². The van der Waals surface area contributed by atoms with Gasteiger partial charge in [-0.05, 0) is 25.6 Å². The van der Waals surface area contributed by atoms with E-state index in [2.05, 4.69) is 28.3 Å². The zero-order valence-corrected chi connectivity index (χ0v) is 12.2. The summed E-state index contributed by atoms with van der Waals surface area (Å²) in [5, 5.41) is 0. The molecule has 0 saturated heterocycles. The predicted octanol–water partition coefficient (Wildman–Crippen LogP) is 1.61. The molecular formula is C14H22N2O2S. The molecule has 106 valence electrons. The largest absolute Gasteiger partial charge is 0.295 e. The molecule has 0 unspecified atom stereocenters. The smallest absolute Gasteiger partial charge is 0.211 e. The molecule has 4 nitrogen and oxygen atoms in total. The zero-order valence-electron chi connectivity index (χ0n) is 11.4. The number of benzene rings is 1. The van der Waals surface area contributed by atoms with Gasteiger partial charge < -0.3 is 0 Å². The lowest BCUT2D eigenvalue weighted by atomic mass is 10.2. The summed E-state index contributed by atoms with van der Waals surface area (Å²) in [4.78, 5) is 2.19. The van der Waals surface area contributed by atoms with E-state index in [4.69, 9.17) is 0 Å². The molecule has 0 spiro atoms. The third-order valence-electron chi connectivity index (χ3n) is 2.83. The van der Waals surface area contributed by atoms with Gasteiger partial charge >= 0.3 is 0 Å². The quantitative estimate of drug-likeness (QED) is 0.700. The van der Waals surface area contributed by atoms with Crippen LogP contribution >= 0.6 is 0 Å². The van der Waals surface area contributed by atoms with Gasteiger partial charge in [-0.1, -0.05) is 36.4 Å². The van der Waals surface area contributed by atoms with Gasteiger partial charge in [-0.25, -0.2) is 13.1 Å². The van der Waals surface area contributed by atoms with Crippen LogP contribution in [0, 0.1) is 0 Å². The van der Waals surface area contributed by atoms with E-state index in [1.807, 2.05) is 24.3 Å². The fraction of sp³-hybridized carbons (Fsp3) is 0.429. The fourth-order valence-corrected chi connectivity index (χ4v) is 2.55. The number of nitrogens with one attached hydrogen (secondary N) is 1. The molecule has 1 aromatic rings. The Hall–Kier alpha value is -1.17. The topological polar surface area (TPSA) is 49.4 Å². The van der Waals surface area contributed by atoms with Gasteiger partial charge in [-0.15, -0.1) is 6.58 Å². The van der Waals surface area contributed by atoms with Crippen LogP contribution in [0.25, 0.3) is 0 Å². The molecule has 1 rings (SSSR count). The van der Waals surface area contributed by atoms with Gasteiger partial charge in [0.1, 0.15) is 0 Å². The summed E-state index contributed by atoms with van der Waals surface area (Å²) < 4.78 is 25.0. The van der Waals surface area contributed by atoms with Crippen molar-refractivity contribution in [1.82, 2.24) is 9.62 Å². The lowest BCUT2D eigenvalue weighted by Crippen LogP contribution is -2.28. The van der Waals surface area contributed by atoms with Crippen LogP contribution in [0.5, 0.6) is 0 Å². The number of hydrogen-bond donors (Lipinski definition) is 1. The Bertz CT molecular complexity index is 471. The van der Waals surface area contributed by atoms with Crippen molar-refractivity contribution < 1.29 is 8.42 Å². The van der Waals surface area contributed by atoms with Gasteiger partial charge in [-0.2, -0.15) is 0 Å². The summed E-state index contributed by atoms with van der Waals surface area (Å²) >= 11 is 0. The zero-order chi connectivity index (χ0) is 14.1. The van der Waals surface area contributed by atoms with Crippen molar-refractivity contribution in [3.8, 4) is 0 Å². The van der Waals surface area contributed by atoms with Gasteiger partial charge in [0.15, 0.2) is 0 Å². The molecule has 1 aromatic carbocycles. The van der Waals surface area contributed by atoms with Crippen molar-refractivity contribution in [2.24, 2.45) is 0 Å². The highest BCUT2D eigenvalue weighted by Crippen LogP contribution is 2.05. The molecule has 0 saturated carbocycles. The first-order chi connectivity index (χ1) is 9.07. The van der Waals surface area contributed by atoms with E-state index < -0.39 is 10.0 Å². The SMILES string of the molecule is C=CCN(CCCS(=O)(=O)NC)Cc1ccccc1. The number of rotatable bonds is 9. The van der Waals surface area contributed by atoms with Crippen LogP contribution in [-0.2, 0) is 16.6 Å². The molecule has 0 radical (unpaired) electrons. The van der Waals surface area contributed by atoms with E-state index in [0.29, 0.717) is 6.42 Å². The summed E-state index contributed by atoms with van der Waals surface area (Å²) in [6.07, 6.45) is 2.46. The monoisotopic (exact) mass is 282 g/mol. The molecule has 19 heavy (non-hydrogen) atoms. The first-order valence-corrected chi connectivity index (χ1v) is 8.01. The van der Waals surface area contributed by atoms with E-state index in [1.165, 1.54) is 12.6 Å². The van der Waals surface area contributed by atoms with E-state index in [9.17, 15) is 8.42 Å². The van der Waals surface area contributed by atoms with Crippen molar-refractivity contribution in [2.75, 3.05) is 25.9 Å². The number of sulfonamides is 1. The van der Waals surface area contributed by atoms with E-state index >= 15 is 0 Å². The number of hydrogen-bond acceptors (Lipinski definition) is 3. The van der Waals surface area contributed by atoms with Crippen molar-refractivity contribution >= 4 is 10.0 Å². The minimum absolute atomic E-state index is 0.159. The van der Waals surface area contributed by atoms with Gasteiger partial charge in [-0.3, -0.25) is 4.90 Å². The highest BCUT2D eigenvalue weighted by molar-refractivity contribution is 7.89. The first-order valence-electron chi connectivity index (χ1n) is 6.36. The Morgan fingerprint density at radius 1 is 1.32 bits per heavy atom. The second-order valence-electron chi connectivity index (χ2n) is 4.39. The number of nitrogens with zero attached hydrogens (tertiary/aromatic N) is 1. The predicted molar refractivity (Wildman–Crippen MR) is 79.4 cm³/mol. The minimum Gasteiger partial charge on any atom is -0.295 e. The van der Waals surface area contributed by atoms with Crippen LogP contribution in [0.4, 0.5) is 0 Å². The average Bonchev–Trinajstić information content (AvgIpc) is 2.40. The van der Waals surface area contributed by atoms with Crippen LogP contribution in [-0.4, -0.2) is 39.2 Å². The maximum atomic E-state index is 11.3. The maximum absolute atomic E-state index is 11.3. The molecule has 0 aliphatic carbocycles. The van der Waals surface area contributed by atoms with Crippen molar-refractivity contribution in [3.63, 3.8) is 0 Å². The molecule has 0 aliphatic heterocycles. The van der Waals surface area contributed by atoms with E-state index in [1.54, 1.807) is 0 Å². The van der Waals surface area contributed by atoms with Gasteiger partial charge in [0.05, 0.1) is 5.75 Å². The Balaban J connectivity index is 2.47. The minimum atomic E-state index is -3.11. The molecular weight excluding hydrogens is 260 g/mol. The summed E-state index contributed by atoms with van der Waals surface area (Å²) in [5.74, 6) is 0.159. The summed E-state index contributed by atoms with van der Waals surface area (Å²) in [6, 6.07) is 10.1. The normalized spacial score (nSPS) is 11.7. The summed E-state index contributed by atoms with van der Waals surface area (Å²) in [6.45, 7) is 6.05. The first kappa shape index (κ1) is 15.9. The van der Waals surface area contributed by atoms with Crippen LogP contribution < -0.4 is 4.72 Å². The molecule has 0 aromatic heterocycles. The summed E-state index contributed by atoms with van der Waals surface area (Å²) in [5.41, 5.74) is 1.22. The fourth-order valence-electron chi connectivity index (χ4n) is 1.84. The van der Waals surface area contributed by atoms with Gasteiger partial charge in [0.2, 0.25) is 10.0 Å². The Morgan fingerprint density at radius 2 is 2.00 bits per heavy atom. The maximum Gasteiger partial charge on any atom is 0.211 e. The second kappa shape index (κ2) is 8.09. The Morgan fingerprint density at radius 3 is 2.58 bits per heavy atom. The van der Waals surface area contributed by atoms with E-state index in [0.717, 1.165) is 19.6 Å². The molecule has 0 atom stereocenters. The molecule has 0 amide bonds. The van der Waals surface area contributed by atoms with Crippen LogP contribution in [0.3, 0.4) is 0 Å². The van der Waals surface area contributed by atoms with Crippen LogP contribution in [0.2, 0.25) is 0 Å². The molecule has 0 heterocycles. The standard InChI is InChI=1S/C14H22N2O2S/c1-3-10-16(11-7-12-19(17,18)15-2)13-14-8-5-4-6-9-14/h3-6,8-9,15H,1,7,10-13H2,2H3. The van der Waals surface area contributed by atoms with E-state index in [-0.39, 0.29) is 5.75 Å². The molecule has 0 fully saturated rings. The average molecular weight is 282 g/mol. The molecule has 0 bridgehead atoms. The Kier molecular flexibility index (Phi) is 6.77. The highest BCUT2D eigenvalue weighted by atomic mass is 32.2. The summed E-state index contributed by atoms with van der Waals surface area (Å²) in [7, 11) is -1.66. The van der Waals surface area contributed by atoms with Crippen molar-refractivity contribution in [1.29, 1.82) is 0 Å². The van der Waals surface area contributed by atoms with Crippen LogP contribution in [0.15, 0.2) is 43.0 Å². The van der Waals surface area contributed by atoms with Gasteiger partial charge in [0.25, 0.3) is 0 Å². The van der Waals surface area contributed by atoms with Crippen molar-refractivity contribution in [2.45, 2.75) is 13.0 Å². The molecule has 5 heteroatoms. The lowest BCUT2D eigenvalue weighted by Gasteiger charge is -2.20. The van der Waals surface area contributed by atoms with Gasteiger partial charge in [0, 0.05) is 13.1 Å².